The average molecular weight is 987 g/mol. The van der Waals surface area contributed by atoms with E-state index in [-0.39, 0.29) is 35.5 Å². The van der Waals surface area contributed by atoms with Gasteiger partial charge in [0.25, 0.3) is 0 Å². The summed E-state index contributed by atoms with van der Waals surface area (Å²) >= 11 is 2.75. The van der Waals surface area contributed by atoms with Gasteiger partial charge in [0.05, 0.1) is 35.8 Å². The normalized spacial score (nSPS) is 12.2. The van der Waals surface area contributed by atoms with Crippen LogP contribution in [0.5, 0.6) is 23.0 Å². The number of esters is 2. The fourth-order valence-corrected chi connectivity index (χ4v) is 7.99. The lowest BCUT2D eigenvalue weighted by atomic mass is 10.1. The maximum absolute atomic E-state index is 12.7. The number of imide groups is 2. The summed E-state index contributed by atoms with van der Waals surface area (Å²) in [5, 5.41) is 3.65. The fourth-order valence-electron chi connectivity index (χ4n) is 6.71. The molecule has 0 saturated carbocycles. The van der Waals surface area contributed by atoms with Crippen molar-refractivity contribution in [2.75, 3.05) is 39.9 Å². The molecule has 0 radical (unpaired) electrons. The van der Waals surface area contributed by atoms with Gasteiger partial charge >= 0.3 is 11.9 Å². The topological polar surface area (TPSA) is 182 Å². The van der Waals surface area contributed by atoms with Gasteiger partial charge in [-0.2, -0.15) is 23.5 Å². The van der Waals surface area contributed by atoms with E-state index in [1.807, 2.05) is 97.4 Å². The fraction of sp³-hybridized carbons (Fsp3) is 0.222. The molecule has 0 aromatic heterocycles. The highest BCUT2D eigenvalue weighted by atomic mass is 32.2. The zero-order valence-corrected chi connectivity index (χ0v) is 40.7. The number of rotatable bonds is 24. The van der Waals surface area contributed by atoms with Gasteiger partial charge < -0.3 is 28.4 Å². The van der Waals surface area contributed by atoms with E-state index < -0.39 is 24.1 Å². The van der Waals surface area contributed by atoms with Gasteiger partial charge in [0.1, 0.15) is 36.2 Å². The Balaban J connectivity index is 0.000000261. The molecule has 6 rings (SSSR count). The molecule has 6 aromatic carbocycles. The third-order valence-electron chi connectivity index (χ3n) is 10.5. The monoisotopic (exact) mass is 986 g/mol. The summed E-state index contributed by atoms with van der Waals surface area (Å²) in [4.78, 5) is 70.4. The van der Waals surface area contributed by atoms with E-state index in [9.17, 15) is 28.8 Å². The number of nitrogens with one attached hydrogen (secondary N) is 2. The lowest BCUT2D eigenvalue weighted by molar-refractivity contribution is -0.126. The summed E-state index contributed by atoms with van der Waals surface area (Å²) in [6.07, 6.45) is 4.06. The van der Waals surface area contributed by atoms with Crippen LogP contribution in [0.4, 0.5) is 0 Å². The van der Waals surface area contributed by atoms with Crippen molar-refractivity contribution >= 4 is 60.1 Å². The summed E-state index contributed by atoms with van der Waals surface area (Å²) in [6, 6.07) is 46.8. The molecule has 0 aliphatic carbocycles. The molecule has 0 bridgehead atoms. The van der Waals surface area contributed by atoms with Crippen LogP contribution in [0.1, 0.15) is 55.2 Å². The first kappa shape index (κ1) is 53.4. The van der Waals surface area contributed by atoms with Crippen LogP contribution < -0.4 is 29.6 Å². The summed E-state index contributed by atoms with van der Waals surface area (Å²) in [5.41, 5.74) is 4.25. The first-order chi connectivity index (χ1) is 34.1. The summed E-state index contributed by atoms with van der Waals surface area (Å²) in [5.74, 6) is 0.932. The summed E-state index contributed by atoms with van der Waals surface area (Å²) < 4.78 is 34.1. The van der Waals surface area contributed by atoms with Gasteiger partial charge in [-0.25, -0.2) is 9.59 Å². The van der Waals surface area contributed by atoms with Crippen molar-refractivity contribution in [2.24, 2.45) is 0 Å². The van der Waals surface area contributed by atoms with E-state index in [1.165, 1.54) is 23.5 Å². The standard InChI is InChI=1S/2C27H27NO6S/c2*1-32-23-10-6-9-21(16-23)24(34-27(31)20-7-4-3-5-8-20)17-33-22-13-11-19(12-14-22)15-25(35-2)26(30)28-18-29/h2*3-14,16,18,24-25H,15,17H2,1-2H3,(H,28,29,30). The van der Waals surface area contributed by atoms with Crippen molar-refractivity contribution in [1.82, 2.24) is 10.6 Å². The van der Waals surface area contributed by atoms with Crippen molar-refractivity contribution in [3.05, 3.63) is 191 Å². The molecule has 364 valence electrons. The minimum Gasteiger partial charge on any atom is -0.497 e. The molecular weight excluding hydrogens is 933 g/mol. The van der Waals surface area contributed by atoms with Crippen LogP contribution in [0.15, 0.2) is 158 Å². The largest absolute Gasteiger partial charge is 0.497 e. The number of thioether (sulfide) groups is 2. The second-order valence-electron chi connectivity index (χ2n) is 15.1. The molecule has 0 aliphatic heterocycles. The Morgan fingerprint density at radius 2 is 0.857 bits per heavy atom. The minimum absolute atomic E-state index is 0.0975. The van der Waals surface area contributed by atoms with Crippen LogP contribution in [0.25, 0.3) is 0 Å². The van der Waals surface area contributed by atoms with Gasteiger partial charge in [0.15, 0.2) is 12.2 Å². The highest BCUT2D eigenvalue weighted by Crippen LogP contribution is 2.28. The van der Waals surface area contributed by atoms with Crippen molar-refractivity contribution in [2.45, 2.75) is 35.5 Å². The van der Waals surface area contributed by atoms with Gasteiger partial charge in [0, 0.05) is 0 Å². The number of ether oxygens (including phenoxy) is 6. The van der Waals surface area contributed by atoms with Gasteiger partial charge in [-0.1, -0.05) is 84.9 Å². The van der Waals surface area contributed by atoms with Gasteiger partial charge in [0.2, 0.25) is 24.6 Å². The Bertz CT molecular complexity index is 2420. The third kappa shape index (κ3) is 16.9. The van der Waals surface area contributed by atoms with E-state index in [0.717, 1.165) is 22.3 Å². The molecule has 4 amide bonds. The molecule has 16 heteroatoms. The first-order valence-corrected chi connectivity index (χ1v) is 24.4. The molecule has 4 atom stereocenters. The Hall–Kier alpha value is -7.56. The number of carbonyl (C=O) groups is 6. The van der Waals surface area contributed by atoms with E-state index in [4.69, 9.17) is 28.4 Å². The summed E-state index contributed by atoms with van der Waals surface area (Å²) in [6.45, 7) is 0.195. The molecular formula is C54H54N2O12S2. The SMILES string of the molecule is COc1cccc(C(COc2ccc(CC(SC)C(=O)NC=O)cc2)OC(=O)c2ccccc2)c1.COc1cccc(C(COc2ccc(CC(SC)C(=O)NC=O)cc2)OC(=O)c2ccccc2)c1. The van der Waals surface area contributed by atoms with Crippen LogP contribution >= 0.6 is 23.5 Å². The highest BCUT2D eigenvalue weighted by molar-refractivity contribution is 8.00. The molecule has 0 heterocycles. The van der Waals surface area contributed by atoms with Crippen LogP contribution in [0.2, 0.25) is 0 Å². The second kappa shape index (κ2) is 28.7. The molecule has 0 saturated heterocycles. The van der Waals surface area contributed by atoms with Crippen LogP contribution in [-0.4, -0.2) is 87.0 Å². The van der Waals surface area contributed by atoms with E-state index in [1.54, 1.807) is 87.0 Å². The second-order valence-corrected chi connectivity index (χ2v) is 17.2. The smallest absolute Gasteiger partial charge is 0.338 e. The van der Waals surface area contributed by atoms with Crippen molar-refractivity contribution in [1.29, 1.82) is 0 Å². The highest BCUT2D eigenvalue weighted by Gasteiger charge is 2.23. The molecule has 4 unspecified atom stereocenters. The molecule has 14 nitrogen and oxygen atoms in total. The first-order valence-electron chi connectivity index (χ1n) is 21.8. The Morgan fingerprint density at radius 1 is 0.486 bits per heavy atom. The van der Waals surface area contributed by atoms with Gasteiger partial charge in [-0.15, -0.1) is 0 Å². The van der Waals surface area contributed by atoms with Crippen LogP contribution in [0.3, 0.4) is 0 Å². The number of amides is 4. The molecule has 0 aliphatic rings. The zero-order chi connectivity index (χ0) is 50.1. The molecule has 2 N–H and O–H groups in total. The number of hydrogen-bond acceptors (Lipinski definition) is 14. The van der Waals surface area contributed by atoms with Crippen molar-refractivity contribution in [3.63, 3.8) is 0 Å². The predicted octanol–water partition coefficient (Wildman–Crippen LogP) is 8.44. The summed E-state index contributed by atoms with van der Waals surface area (Å²) in [7, 11) is 3.15. The molecule has 6 aromatic rings. The van der Waals surface area contributed by atoms with Crippen LogP contribution in [0, 0.1) is 0 Å². The molecule has 0 spiro atoms. The molecule has 0 fully saturated rings. The Kier molecular flexibility index (Phi) is 21.9. The van der Waals surface area contributed by atoms with E-state index in [2.05, 4.69) is 10.6 Å². The van der Waals surface area contributed by atoms with Crippen LogP contribution in [-0.2, 0) is 41.5 Å². The zero-order valence-electron chi connectivity index (χ0n) is 39.0. The number of benzene rings is 6. The lowest BCUT2D eigenvalue weighted by Gasteiger charge is -2.20. The quantitative estimate of drug-likeness (QED) is 0.0435. The number of carbonyl (C=O) groups excluding carboxylic acids is 6. The maximum Gasteiger partial charge on any atom is 0.338 e. The lowest BCUT2D eigenvalue weighted by Crippen LogP contribution is -2.32. The number of methoxy groups -OCH3 is 2. The van der Waals surface area contributed by atoms with Crippen molar-refractivity contribution in [3.8, 4) is 23.0 Å². The predicted molar refractivity (Wildman–Crippen MR) is 269 cm³/mol. The van der Waals surface area contributed by atoms with Gasteiger partial charge in [-0.05, 0) is 120 Å². The van der Waals surface area contributed by atoms with Gasteiger partial charge in [-0.3, -0.25) is 29.8 Å². The van der Waals surface area contributed by atoms with E-state index in [0.29, 0.717) is 59.8 Å². The number of hydrogen-bond donors (Lipinski definition) is 2. The average Bonchev–Trinajstić information content (AvgIpc) is 3.40. The maximum atomic E-state index is 12.7. The Morgan fingerprint density at radius 3 is 1.19 bits per heavy atom. The molecule has 70 heavy (non-hydrogen) atoms. The van der Waals surface area contributed by atoms with E-state index >= 15 is 0 Å². The van der Waals surface area contributed by atoms with Crippen molar-refractivity contribution < 1.29 is 57.2 Å². The Labute approximate surface area is 415 Å². The minimum atomic E-state index is -0.662. The third-order valence-corrected chi connectivity index (χ3v) is 12.4.